The molecule has 0 unspecified atom stereocenters. The van der Waals surface area contributed by atoms with Gasteiger partial charge in [-0.3, -0.25) is 14.9 Å². The summed E-state index contributed by atoms with van der Waals surface area (Å²) in [5.74, 6) is -2.35. The van der Waals surface area contributed by atoms with E-state index in [0.717, 1.165) is 4.90 Å². The first-order valence-corrected chi connectivity index (χ1v) is 5.72. The molecule has 1 aliphatic rings. The van der Waals surface area contributed by atoms with Gasteiger partial charge in [0.25, 0.3) is 0 Å². The Morgan fingerprint density at radius 1 is 1.26 bits per heavy atom. The first-order chi connectivity index (χ1) is 8.61. The maximum Gasteiger partial charge on any atom is 0.326 e. The topological polar surface area (TPSA) is 116 Å². The molecular weight excluding hydrogens is 254 g/mol. The molecular formula is C11H17N3O5. The number of nitrogens with zero attached hydrogens (tertiary/aromatic N) is 1. The average Bonchev–Trinajstić information content (AvgIpc) is 2.21. The highest BCUT2D eigenvalue weighted by Crippen LogP contribution is 2.19. The van der Waals surface area contributed by atoms with E-state index in [1.165, 1.54) is 0 Å². The summed E-state index contributed by atoms with van der Waals surface area (Å²) in [6.45, 7) is 4.46. The van der Waals surface area contributed by atoms with Gasteiger partial charge in [0.15, 0.2) is 0 Å². The Morgan fingerprint density at radius 2 is 1.74 bits per heavy atom. The highest BCUT2D eigenvalue weighted by molar-refractivity contribution is 6.02. The minimum Gasteiger partial charge on any atom is -0.480 e. The monoisotopic (exact) mass is 271 g/mol. The maximum atomic E-state index is 11.9. The van der Waals surface area contributed by atoms with Crippen LogP contribution in [-0.2, 0) is 14.4 Å². The molecule has 0 saturated carbocycles. The van der Waals surface area contributed by atoms with Gasteiger partial charge < -0.3 is 15.3 Å². The van der Waals surface area contributed by atoms with Gasteiger partial charge in [-0.15, -0.1) is 0 Å². The van der Waals surface area contributed by atoms with Gasteiger partial charge in [0.05, 0.1) is 0 Å². The van der Waals surface area contributed by atoms with Gasteiger partial charge in [-0.05, 0) is 5.41 Å². The van der Waals surface area contributed by atoms with Crippen molar-refractivity contribution in [3.05, 3.63) is 0 Å². The molecule has 0 aliphatic carbocycles. The molecule has 1 fully saturated rings. The fourth-order valence-corrected chi connectivity index (χ4v) is 1.64. The van der Waals surface area contributed by atoms with Crippen LogP contribution >= 0.6 is 0 Å². The number of nitrogens with one attached hydrogen (secondary N) is 2. The molecule has 0 spiro atoms. The molecule has 8 heteroatoms. The second-order valence-corrected chi connectivity index (χ2v) is 5.41. The predicted octanol–water partition coefficient (Wildman–Crippen LogP) is -0.846. The SMILES string of the molecule is CC(C)(C)[C@H](NC(=O)N1CC(=O)NC(=O)C1)C(=O)O. The molecule has 19 heavy (non-hydrogen) atoms. The fraction of sp³-hybridized carbons (Fsp3) is 0.636. The van der Waals surface area contributed by atoms with E-state index in [-0.39, 0.29) is 13.1 Å². The van der Waals surface area contributed by atoms with Gasteiger partial charge >= 0.3 is 12.0 Å². The molecule has 3 N–H and O–H groups in total. The van der Waals surface area contributed by atoms with E-state index in [9.17, 15) is 19.2 Å². The average molecular weight is 271 g/mol. The summed E-state index contributed by atoms with van der Waals surface area (Å²) in [4.78, 5) is 46.2. The summed E-state index contributed by atoms with van der Waals surface area (Å²) in [6, 6.07) is -1.86. The van der Waals surface area contributed by atoms with Crippen molar-refractivity contribution in [3.63, 3.8) is 0 Å². The highest BCUT2D eigenvalue weighted by Gasteiger charge is 2.35. The quantitative estimate of drug-likeness (QED) is 0.566. The van der Waals surface area contributed by atoms with E-state index in [0.29, 0.717) is 0 Å². The molecule has 1 atom stereocenters. The number of carbonyl (C=O) groups is 4. The van der Waals surface area contributed by atoms with Crippen molar-refractivity contribution in [1.29, 1.82) is 0 Å². The standard InChI is InChI=1S/C11H17N3O5/c1-11(2,3)8(9(17)18)13-10(19)14-4-6(15)12-7(16)5-14/h8H,4-5H2,1-3H3,(H,13,19)(H,17,18)(H,12,15,16)/t8-/m1/s1. The number of piperazine rings is 1. The van der Waals surface area contributed by atoms with Crippen LogP contribution in [0.4, 0.5) is 4.79 Å². The van der Waals surface area contributed by atoms with Crippen LogP contribution in [0.1, 0.15) is 20.8 Å². The predicted molar refractivity (Wildman–Crippen MR) is 64.1 cm³/mol. The lowest BCUT2D eigenvalue weighted by Crippen LogP contribution is -2.59. The van der Waals surface area contributed by atoms with E-state index in [2.05, 4.69) is 10.6 Å². The molecule has 1 aliphatic heterocycles. The van der Waals surface area contributed by atoms with Crippen molar-refractivity contribution < 1.29 is 24.3 Å². The number of aliphatic carboxylic acids is 1. The van der Waals surface area contributed by atoms with Crippen LogP contribution < -0.4 is 10.6 Å². The lowest BCUT2D eigenvalue weighted by molar-refractivity contribution is -0.142. The van der Waals surface area contributed by atoms with Crippen LogP contribution in [0.2, 0.25) is 0 Å². The van der Waals surface area contributed by atoms with Crippen molar-refractivity contribution in [2.45, 2.75) is 26.8 Å². The number of amides is 4. The van der Waals surface area contributed by atoms with Gasteiger partial charge in [0.1, 0.15) is 19.1 Å². The third-order valence-electron chi connectivity index (χ3n) is 2.62. The number of carboxylic acids is 1. The zero-order valence-corrected chi connectivity index (χ0v) is 11.0. The van der Waals surface area contributed by atoms with Gasteiger partial charge in [0, 0.05) is 0 Å². The number of rotatable bonds is 2. The molecule has 0 radical (unpaired) electrons. The third kappa shape index (κ3) is 3.94. The zero-order valence-electron chi connectivity index (χ0n) is 11.0. The molecule has 1 rings (SSSR count). The third-order valence-corrected chi connectivity index (χ3v) is 2.62. The van der Waals surface area contributed by atoms with Crippen LogP contribution in [0.25, 0.3) is 0 Å². The van der Waals surface area contributed by atoms with Gasteiger partial charge in [-0.25, -0.2) is 9.59 Å². The molecule has 0 bridgehead atoms. The normalized spacial score (nSPS) is 17.7. The van der Waals surface area contributed by atoms with Crippen LogP contribution in [-0.4, -0.2) is 53.0 Å². The highest BCUT2D eigenvalue weighted by atomic mass is 16.4. The smallest absolute Gasteiger partial charge is 0.326 e. The molecule has 0 aromatic carbocycles. The van der Waals surface area contributed by atoms with E-state index >= 15 is 0 Å². The largest absolute Gasteiger partial charge is 0.480 e. The molecule has 1 heterocycles. The molecule has 4 amide bonds. The molecule has 8 nitrogen and oxygen atoms in total. The Bertz CT molecular complexity index is 411. The summed E-state index contributed by atoms with van der Waals surface area (Å²) in [7, 11) is 0. The number of imide groups is 1. The maximum absolute atomic E-state index is 11.9. The molecule has 0 aromatic heterocycles. The van der Waals surface area contributed by atoms with E-state index in [4.69, 9.17) is 5.11 Å². The Kier molecular flexibility index (Phi) is 4.13. The Labute approximate surface area is 110 Å². The molecule has 1 saturated heterocycles. The molecule has 106 valence electrons. The van der Waals surface area contributed by atoms with E-state index in [1.807, 2.05) is 0 Å². The first kappa shape index (κ1) is 14.9. The summed E-state index contributed by atoms with van der Waals surface area (Å²) < 4.78 is 0. The van der Waals surface area contributed by atoms with Crippen LogP contribution in [0.3, 0.4) is 0 Å². The summed E-state index contributed by atoms with van der Waals surface area (Å²) >= 11 is 0. The minimum atomic E-state index is -1.17. The van der Waals surface area contributed by atoms with Crippen molar-refractivity contribution >= 4 is 23.8 Å². The second kappa shape index (κ2) is 5.25. The Balaban J connectivity index is 2.75. The fourth-order valence-electron chi connectivity index (χ4n) is 1.64. The van der Waals surface area contributed by atoms with Crippen molar-refractivity contribution in [3.8, 4) is 0 Å². The lowest BCUT2D eigenvalue weighted by atomic mass is 9.87. The van der Waals surface area contributed by atoms with Gasteiger partial charge in [-0.2, -0.15) is 0 Å². The van der Waals surface area contributed by atoms with Gasteiger partial charge in [-0.1, -0.05) is 20.8 Å². The van der Waals surface area contributed by atoms with Crippen LogP contribution in [0, 0.1) is 5.41 Å². The van der Waals surface area contributed by atoms with Crippen LogP contribution in [0.15, 0.2) is 0 Å². The van der Waals surface area contributed by atoms with Crippen molar-refractivity contribution in [2.24, 2.45) is 5.41 Å². The summed E-state index contributed by atoms with van der Waals surface area (Å²) in [5, 5.41) is 13.5. The minimum absolute atomic E-state index is 0.270. The number of carboxylic acid groups (broad SMARTS) is 1. The zero-order chi connectivity index (χ0) is 14.8. The van der Waals surface area contributed by atoms with Crippen molar-refractivity contribution in [2.75, 3.05) is 13.1 Å². The van der Waals surface area contributed by atoms with E-state index < -0.39 is 35.3 Å². The van der Waals surface area contributed by atoms with Crippen LogP contribution in [0.5, 0.6) is 0 Å². The van der Waals surface area contributed by atoms with E-state index in [1.54, 1.807) is 20.8 Å². The lowest BCUT2D eigenvalue weighted by Gasteiger charge is -2.31. The summed E-state index contributed by atoms with van der Waals surface area (Å²) in [5.41, 5.74) is -0.691. The number of urea groups is 1. The summed E-state index contributed by atoms with van der Waals surface area (Å²) in [6.07, 6.45) is 0. The molecule has 0 aromatic rings. The van der Waals surface area contributed by atoms with Gasteiger partial charge in [0.2, 0.25) is 11.8 Å². The number of hydrogen-bond donors (Lipinski definition) is 3. The number of hydrogen-bond acceptors (Lipinski definition) is 4. The second-order valence-electron chi connectivity index (χ2n) is 5.41. The Hall–Kier alpha value is -2.12. The number of carbonyl (C=O) groups excluding carboxylic acids is 3. The Morgan fingerprint density at radius 3 is 2.11 bits per heavy atom. The van der Waals surface area contributed by atoms with Crippen molar-refractivity contribution in [1.82, 2.24) is 15.5 Å². The first-order valence-electron chi connectivity index (χ1n) is 5.72.